The van der Waals surface area contributed by atoms with Gasteiger partial charge in [-0.25, -0.2) is 0 Å². The first-order valence-electron chi connectivity index (χ1n) is 9.83. The topological polar surface area (TPSA) is 29.5 Å². The number of ether oxygens (including phenoxy) is 1. The van der Waals surface area contributed by atoms with Gasteiger partial charge in [0.05, 0.1) is 12.3 Å². The van der Waals surface area contributed by atoms with Crippen LogP contribution < -0.4 is 26.6 Å². The number of anilines is 1. The van der Waals surface area contributed by atoms with E-state index in [4.69, 9.17) is 4.74 Å². The van der Waals surface area contributed by atoms with Gasteiger partial charge in [-0.15, -0.1) is 0 Å². The number of carbonyl (C=O) groups is 1. The number of nitrogens with zero attached hydrogens (tertiary/aromatic N) is 1. The molecule has 1 unspecified atom stereocenters. The Labute approximate surface area is 183 Å². The number of hydrogen-bond donors (Lipinski definition) is 0. The van der Waals surface area contributed by atoms with Crippen molar-refractivity contribution in [1.29, 1.82) is 0 Å². The van der Waals surface area contributed by atoms with Crippen LogP contribution in [-0.4, -0.2) is 37.5 Å². The maximum Gasteiger partial charge on any atom is 0.214 e. The molecule has 0 radical (unpaired) electrons. The predicted octanol–water partition coefficient (Wildman–Crippen LogP) is 2.21. The van der Waals surface area contributed by atoms with Crippen LogP contribution in [0.2, 0.25) is 0 Å². The highest BCUT2D eigenvalue weighted by Crippen LogP contribution is 2.28. The lowest BCUT2D eigenvalue weighted by atomic mass is 10.1. The molecule has 3 nitrogen and oxygen atoms in total. The van der Waals surface area contributed by atoms with Gasteiger partial charge in [-0.3, -0.25) is 4.79 Å². The summed E-state index contributed by atoms with van der Waals surface area (Å²) in [4.78, 5) is 16.6. The SMILES string of the molecule is CCCCOc1ccc(C(=O)C[S+](C)c2ccccc2)c(N(CC)CC)c1.[Br-]. The highest BCUT2D eigenvalue weighted by Gasteiger charge is 2.24. The Kier molecular flexibility index (Phi) is 11.3. The Morgan fingerprint density at radius 2 is 1.71 bits per heavy atom. The normalized spacial score (nSPS) is 11.4. The van der Waals surface area contributed by atoms with Crippen molar-refractivity contribution >= 4 is 22.4 Å². The minimum absolute atomic E-state index is 0. The zero-order chi connectivity index (χ0) is 19.6. The van der Waals surface area contributed by atoms with E-state index in [1.807, 2.05) is 36.4 Å². The van der Waals surface area contributed by atoms with Gasteiger partial charge in [0.15, 0.2) is 10.6 Å². The molecule has 0 amide bonds. The third-order valence-electron chi connectivity index (χ3n) is 4.63. The molecule has 2 rings (SSSR count). The van der Waals surface area contributed by atoms with E-state index in [2.05, 4.69) is 44.1 Å². The van der Waals surface area contributed by atoms with Crippen LogP contribution in [0.1, 0.15) is 44.0 Å². The van der Waals surface area contributed by atoms with E-state index in [0.717, 1.165) is 42.9 Å². The lowest BCUT2D eigenvalue weighted by molar-refractivity contribution is -0.0000141. The lowest BCUT2D eigenvalue weighted by Gasteiger charge is -2.24. The molecule has 2 aromatic rings. The summed E-state index contributed by atoms with van der Waals surface area (Å²) in [5.74, 6) is 1.58. The molecular formula is C23H32BrNO2S. The van der Waals surface area contributed by atoms with E-state index >= 15 is 0 Å². The molecule has 5 heteroatoms. The molecule has 2 aromatic carbocycles. The zero-order valence-corrected chi connectivity index (χ0v) is 19.8. The molecular weight excluding hydrogens is 434 g/mol. The number of ketones is 1. The molecule has 154 valence electrons. The van der Waals surface area contributed by atoms with Crippen LogP contribution in [0.5, 0.6) is 5.75 Å². The highest BCUT2D eigenvalue weighted by atomic mass is 79.9. The van der Waals surface area contributed by atoms with Crippen molar-refractivity contribution in [3.8, 4) is 5.75 Å². The summed E-state index contributed by atoms with van der Waals surface area (Å²) in [6.45, 7) is 8.85. The van der Waals surface area contributed by atoms with Gasteiger partial charge in [0.2, 0.25) is 5.78 Å². The van der Waals surface area contributed by atoms with E-state index in [9.17, 15) is 4.79 Å². The summed E-state index contributed by atoms with van der Waals surface area (Å²) < 4.78 is 5.88. The summed E-state index contributed by atoms with van der Waals surface area (Å²) in [6, 6.07) is 16.2. The molecule has 0 aromatic heterocycles. The molecule has 0 aliphatic rings. The van der Waals surface area contributed by atoms with E-state index in [1.54, 1.807) is 0 Å². The van der Waals surface area contributed by atoms with E-state index < -0.39 is 0 Å². The van der Waals surface area contributed by atoms with Gasteiger partial charge >= 0.3 is 0 Å². The highest BCUT2D eigenvalue weighted by molar-refractivity contribution is 7.96. The van der Waals surface area contributed by atoms with Crippen LogP contribution in [0.25, 0.3) is 0 Å². The maximum atomic E-state index is 13.1. The lowest BCUT2D eigenvalue weighted by Crippen LogP contribution is -3.00. The first-order valence-corrected chi connectivity index (χ1v) is 11.6. The number of hydrogen-bond acceptors (Lipinski definition) is 3. The van der Waals surface area contributed by atoms with Gasteiger partial charge in [0.25, 0.3) is 0 Å². The number of rotatable bonds is 11. The van der Waals surface area contributed by atoms with Crippen LogP contribution in [0.3, 0.4) is 0 Å². The van der Waals surface area contributed by atoms with Crippen molar-refractivity contribution in [3.05, 3.63) is 54.1 Å². The van der Waals surface area contributed by atoms with E-state index in [0.29, 0.717) is 12.4 Å². The fourth-order valence-corrected chi connectivity index (χ4v) is 4.35. The van der Waals surface area contributed by atoms with Gasteiger partial charge in [-0.05, 0) is 44.5 Å². The van der Waals surface area contributed by atoms with Crippen molar-refractivity contribution < 1.29 is 26.5 Å². The molecule has 0 spiro atoms. The smallest absolute Gasteiger partial charge is 0.214 e. The second kappa shape index (κ2) is 12.9. The Balaban J connectivity index is 0.00000392. The Morgan fingerprint density at radius 3 is 2.32 bits per heavy atom. The first kappa shape index (κ1) is 24.6. The summed E-state index contributed by atoms with van der Waals surface area (Å²) in [5.41, 5.74) is 1.79. The second-order valence-corrected chi connectivity index (χ2v) is 8.61. The number of halogens is 1. The van der Waals surface area contributed by atoms with Gasteiger partial charge in [0, 0.05) is 35.6 Å². The standard InChI is InChI=1S/C23H32NO2S.BrH/c1-5-8-16-26-19-14-15-21(22(17-19)24(6-2)7-3)23(25)18-27(4)20-12-10-9-11-13-20;/h9-15,17H,5-8,16,18H2,1-4H3;1H/q+1;/p-1. The maximum absolute atomic E-state index is 13.1. The molecule has 0 aliphatic heterocycles. The van der Waals surface area contributed by atoms with Crippen molar-refractivity contribution in [2.75, 3.05) is 36.6 Å². The molecule has 0 bridgehead atoms. The van der Waals surface area contributed by atoms with E-state index in [-0.39, 0.29) is 33.7 Å². The van der Waals surface area contributed by atoms with Crippen molar-refractivity contribution in [3.63, 3.8) is 0 Å². The quantitative estimate of drug-likeness (QED) is 0.289. The van der Waals surface area contributed by atoms with Crippen molar-refractivity contribution in [2.24, 2.45) is 0 Å². The Morgan fingerprint density at radius 1 is 1.04 bits per heavy atom. The van der Waals surface area contributed by atoms with Crippen molar-refractivity contribution in [1.82, 2.24) is 0 Å². The average Bonchev–Trinajstić information content (AvgIpc) is 2.70. The Hall–Kier alpha value is -1.46. The summed E-state index contributed by atoms with van der Waals surface area (Å²) in [7, 11) is -0.100. The van der Waals surface area contributed by atoms with Gasteiger partial charge in [-0.2, -0.15) is 0 Å². The van der Waals surface area contributed by atoms with Crippen LogP contribution in [0, 0.1) is 0 Å². The molecule has 0 saturated heterocycles. The fourth-order valence-electron chi connectivity index (χ4n) is 3.01. The predicted molar refractivity (Wildman–Crippen MR) is 118 cm³/mol. The molecule has 0 aliphatic carbocycles. The summed E-state index contributed by atoms with van der Waals surface area (Å²) >= 11 is 0. The van der Waals surface area contributed by atoms with Gasteiger partial charge in [-0.1, -0.05) is 31.5 Å². The second-order valence-electron chi connectivity index (χ2n) is 6.57. The van der Waals surface area contributed by atoms with Crippen LogP contribution in [0.4, 0.5) is 5.69 Å². The monoisotopic (exact) mass is 465 g/mol. The number of carbonyl (C=O) groups excluding carboxylic acids is 1. The molecule has 0 heterocycles. The summed E-state index contributed by atoms with van der Waals surface area (Å²) in [6.07, 6.45) is 4.29. The van der Waals surface area contributed by atoms with Crippen LogP contribution in [0.15, 0.2) is 53.4 Å². The molecule has 1 atom stereocenters. The number of unbranched alkanes of at least 4 members (excludes halogenated alkanes) is 1. The summed E-state index contributed by atoms with van der Waals surface area (Å²) in [5, 5.41) is 0. The number of benzene rings is 2. The van der Waals surface area contributed by atoms with Crippen LogP contribution >= 0.6 is 0 Å². The van der Waals surface area contributed by atoms with Gasteiger partial charge in [0.1, 0.15) is 12.0 Å². The Bertz CT molecular complexity index is 720. The number of Topliss-reactive ketones (excluding diaryl/α,β-unsaturated/α-hetero) is 1. The third-order valence-corrected chi connectivity index (χ3v) is 6.41. The largest absolute Gasteiger partial charge is 1.00 e. The van der Waals surface area contributed by atoms with Crippen molar-refractivity contribution in [2.45, 2.75) is 38.5 Å². The minimum Gasteiger partial charge on any atom is -1.00 e. The molecule has 0 fully saturated rings. The van der Waals surface area contributed by atoms with Crippen LogP contribution in [-0.2, 0) is 10.9 Å². The zero-order valence-electron chi connectivity index (χ0n) is 17.4. The minimum atomic E-state index is -0.100. The van der Waals surface area contributed by atoms with E-state index in [1.165, 1.54) is 4.90 Å². The molecule has 0 N–H and O–H groups in total. The average molecular weight is 466 g/mol. The molecule has 28 heavy (non-hydrogen) atoms. The first-order chi connectivity index (χ1) is 13.1. The fraction of sp³-hybridized carbons (Fsp3) is 0.435. The third kappa shape index (κ3) is 6.85. The van der Waals surface area contributed by atoms with Gasteiger partial charge < -0.3 is 26.6 Å². The molecule has 0 saturated carbocycles.